The van der Waals surface area contributed by atoms with Gasteiger partial charge in [-0.15, -0.1) is 0 Å². The lowest BCUT2D eigenvalue weighted by Gasteiger charge is -2.38. The van der Waals surface area contributed by atoms with Crippen molar-refractivity contribution >= 4 is 5.91 Å². The van der Waals surface area contributed by atoms with E-state index in [0.717, 1.165) is 19.0 Å². The molecule has 31 heavy (non-hydrogen) atoms. The first-order valence-corrected chi connectivity index (χ1v) is 10.1. The number of nitrogens with zero attached hydrogens (tertiary/aromatic N) is 4. The summed E-state index contributed by atoms with van der Waals surface area (Å²) >= 11 is 0. The molecule has 2 aromatic heterocycles. The predicted molar refractivity (Wildman–Crippen MR) is 110 cm³/mol. The molecule has 1 aromatic carbocycles. The summed E-state index contributed by atoms with van der Waals surface area (Å²) in [6.07, 6.45) is 5.94. The normalized spacial score (nSPS) is 18.6. The van der Waals surface area contributed by atoms with Crippen molar-refractivity contribution < 1.29 is 18.3 Å². The van der Waals surface area contributed by atoms with Crippen molar-refractivity contribution in [2.45, 2.75) is 25.8 Å². The van der Waals surface area contributed by atoms with Crippen molar-refractivity contribution in [3.8, 4) is 17.3 Å². The molecule has 6 nitrogen and oxygen atoms in total. The molecule has 1 saturated heterocycles. The van der Waals surface area contributed by atoms with E-state index >= 15 is 0 Å². The number of hydrogen-bond acceptors (Lipinski definition) is 5. The van der Waals surface area contributed by atoms with E-state index in [1.54, 1.807) is 23.4 Å². The Balaban J connectivity index is 1.52. The van der Waals surface area contributed by atoms with Crippen LogP contribution in [0.2, 0.25) is 0 Å². The first-order chi connectivity index (χ1) is 15.0. The van der Waals surface area contributed by atoms with Crippen LogP contribution in [0, 0.1) is 17.6 Å². The third kappa shape index (κ3) is 4.84. The maximum Gasteiger partial charge on any atom is 0.254 e. The van der Waals surface area contributed by atoms with Crippen molar-refractivity contribution in [2.75, 3.05) is 13.2 Å². The second kappa shape index (κ2) is 9.16. The molecule has 2 atom stereocenters. The molecular weight excluding hydrogens is 402 g/mol. The summed E-state index contributed by atoms with van der Waals surface area (Å²) in [5.74, 6) is -0.390. The highest BCUT2D eigenvalue weighted by atomic mass is 19.1. The topological polar surface area (TPSA) is 68.2 Å². The molecule has 3 heterocycles. The molecule has 0 radical (unpaired) electrons. The number of carbonyl (C=O) groups excluding carboxylic acids is 1. The van der Waals surface area contributed by atoms with E-state index in [1.807, 2.05) is 6.92 Å². The van der Waals surface area contributed by atoms with Crippen LogP contribution in [0.3, 0.4) is 0 Å². The number of benzene rings is 1. The fourth-order valence-corrected chi connectivity index (χ4v) is 3.73. The van der Waals surface area contributed by atoms with Gasteiger partial charge in [-0.05, 0) is 50.1 Å². The Hall–Kier alpha value is -3.42. The molecule has 0 N–H and O–H groups in total. The van der Waals surface area contributed by atoms with E-state index in [9.17, 15) is 13.6 Å². The molecule has 1 fully saturated rings. The first-order valence-electron chi connectivity index (χ1n) is 10.1. The average molecular weight is 424 g/mol. The minimum absolute atomic E-state index is 0.000468. The van der Waals surface area contributed by atoms with E-state index in [-0.39, 0.29) is 23.4 Å². The maximum atomic E-state index is 14.0. The highest BCUT2D eigenvalue weighted by Gasteiger charge is 2.31. The van der Waals surface area contributed by atoms with Gasteiger partial charge in [-0.1, -0.05) is 0 Å². The largest absolute Gasteiger partial charge is 0.477 e. The lowest BCUT2D eigenvalue weighted by Crippen LogP contribution is -2.47. The molecule has 3 aromatic rings. The van der Waals surface area contributed by atoms with Gasteiger partial charge >= 0.3 is 0 Å². The lowest BCUT2D eigenvalue weighted by atomic mass is 9.92. The summed E-state index contributed by atoms with van der Waals surface area (Å²) in [5, 5.41) is 0. The van der Waals surface area contributed by atoms with Gasteiger partial charge in [0, 0.05) is 42.5 Å². The number of ether oxygens (including phenoxy) is 1. The fourth-order valence-electron chi connectivity index (χ4n) is 3.73. The van der Waals surface area contributed by atoms with Crippen LogP contribution in [0.1, 0.15) is 30.1 Å². The van der Waals surface area contributed by atoms with Crippen LogP contribution in [0.25, 0.3) is 11.4 Å². The monoisotopic (exact) mass is 424 g/mol. The van der Waals surface area contributed by atoms with Crippen LogP contribution >= 0.6 is 0 Å². The Kier molecular flexibility index (Phi) is 6.16. The molecule has 1 amide bonds. The number of aromatic nitrogens is 3. The molecular formula is C23H22F2N4O2. The van der Waals surface area contributed by atoms with Crippen molar-refractivity contribution in [1.82, 2.24) is 19.9 Å². The van der Waals surface area contributed by atoms with Gasteiger partial charge in [0.15, 0.2) is 5.82 Å². The van der Waals surface area contributed by atoms with Crippen LogP contribution in [-0.2, 0) is 0 Å². The van der Waals surface area contributed by atoms with E-state index in [2.05, 4.69) is 15.0 Å². The summed E-state index contributed by atoms with van der Waals surface area (Å²) in [7, 11) is 0. The molecule has 1 aliphatic heterocycles. The van der Waals surface area contributed by atoms with Gasteiger partial charge in [-0.3, -0.25) is 4.79 Å². The minimum atomic E-state index is -0.491. The Morgan fingerprint density at radius 1 is 1.10 bits per heavy atom. The third-order valence-corrected chi connectivity index (χ3v) is 5.43. The number of likely N-dealkylation sites (tertiary alicyclic amines) is 1. The number of pyridine rings is 1. The standard InChI is InChI=1S/C23H22F2N4O2/c1-15-3-4-16(14-31-21-8-6-18(25)12-28-21)13-29(15)23(30)20-11-17(24)5-7-19(20)22-26-9-2-10-27-22/h2,5-12,15-16H,3-4,13-14H2,1H3/t15-,16-/m1/s1. The van der Waals surface area contributed by atoms with E-state index in [0.29, 0.717) is 30.4 Å². The lowest BCUT2D eigenvalue weighted by molar-refractivity contribution is 0.0503. The minimum Gasteiger partial charge on any atom is -0.477 e. The van der Waals surface area contributed by atoms with Crippen LogP contribution in [0.5, 0.6) is 5.88 Å². The molecule has 0 bridgehead atoms. The smallest absolute Gasteiger partial charge is 0.254 e. The molecule has 0 saturated carbocycles. The van der Waals surface area contributed by atoms with Gasteiger partial charge < -0.3 is 9.64 Å². The maximum absolute atomic E-state index is 14.0. The summed E-state index contributed by atoms with van der Waals surface area (Å²) in [4.78, 5) is 27.5. The van der Waals surface area contributed by atoms with Gasteiger partial charge in [0.2, 0.25) is 5.88 Å². The molecule has 8 heteroatoms. The zero-order chi connectivity index (χ0) is 21.8. The molecule has 0 spiro atoms. The van der Waals surface area contributed by atoms with Gasteiger partial charge in [0.25, 0.3) is 5.91 Å². The van der Waals surface area contributed by atoms with Crippen LogP contribution in [0.15, 0.2) is 55.0 Å². The summed E-state index contributed by atoms with van der Waals surface area (Å²) in [6, 6.07) is 8.52. The van der Waals surface area contributed by atoms with E-state index in [4.69, 9.17) is 4.74 Å². The van der Waals surface area contributed by atoms with Crippen molar-refractivity contribution in [3.63, 3.8) is 0 Å². The highest BCUT2D eigenvalue weighted by Crippen LogP contribution is 2.28. The average Bonchev–Trinajstić information content (AvgIpc) is 2.79. The number of amides is 1. The summed E-state index contributed by atoms with van der Waals surface area (Å²) in [6.45, 7) is 2.80. The van der Waals surface area contributed by atoms with Crippen molar-refractivity contribution in [2.24, 2.45) is 5.92 Å². The van der Waals surface area contributed by atoms with Gasteiger partial charge in [0.1, 0.15) is 11.6 Å². The Bertz CT molecular complexity index is 1050. The molecule has 4 rings (SSSR count). The Labute approximate surface area is 178 Å². The fraction of sp³-hybridized carbons (Fsp3) is 0.304. The van der Waals surface area contributed by atoms with E-state index in [1.165, 1.54) is 30.3 Å². The molecule has 1 aliphatic rings. The van der Waals surface area contributed by atoms with E-state index < -0.39 is 11.6 Å². The van der Waals surface area contributed by atoms with Crippen LogP contribution < -0.4 is 4.74 Å². The summed E-state index contributed by atoms with van der Waals surface area (Å²) in [5.41, 5.74) is 0.730. The Morgan fingerprint density at radius 2 is 1.87 bits per heavy atom. The molecule has 160 valence electrons. The number of carbonyl (C=O) groups is 1. The third-order valence-electron chi connectivity index (χ3n) is 5.43. The van der Waals surface area contributed by atoms with Crippen LogP contribution in [-0.4, -0.2) is 45.0 Å². The number of hydrogen-bond donors (Lipinski definition) is 0. The predicted octanol–water partition coefficient (Wildman–Crippen LogP) is 4.14. The van der Waals surface area contributed by atoms with Crippen molar-refractivity contribution in [3.05, 3.63) is 72.2 Å². The zero-order valence-corrected chi connectivity index (χ0v) is 17.0. The number of halogens is 2. The Morgan fingerprint density at radius 3 is 2.61 bits per heavy atom. The number of piperidine rings is 1. The molecule has 0 aliphatic carbocycles. The first kappa shape index (κ1) is 20.8. The zero-order valence-electron chi connectivity index (χ0n) is 17.0. The second-order valence-corrected chi connectivity index (χ2v) is 7.64. The van der Waals surface area contributed by atoms with Gasteiger partial charge in [-0.25, -0.2) is 23.7 Å². The second-order valence-electron chi connectivity index (χ2n) is 7.64. The molecule has 0 unspecified atom stereocenters. The van der Waals surface area contributed by atoms with Gasteiger partial charge in [0.05, 0.1) is 18.4 Å². The quantitative estimate of drug-likeness (QED) is 0.616. The highest BCUT2D eigenvalue weighted by molar-refractivity contribution is 6.00. The van der Waals surface area contributed by atoms with Crippen LogP contribution in [0.4, 0.5) is 8.78 Å². The van der Waals surface area contributed by atoms with Gasteiger partial charge in [-0.2, -0.15) is 0 Å². The summed E-state index contributed by atoms with van der Waals surface area (Å²) < 4.78 is 32.7. The SMILES string of the molecule is C[C@@H]1CC[C@@H](COc2ccc(F)cn2)CN1C(=O)c1cc(F)ccc1-c1ncccn1. The number of rotatable bonds is 5. The van der Waals surface area contributed by atoms with Crippen molar-refractivity contribution in [1.29, 1.82) is 0 Å².